The molecule has 1 aliphatic heterocycles. The Morgan fingerprint density at radius 1 is 1.48 bits per heavy atom. The van der Waals surface area contributed by atoms with Gasteiger partial charge >= 0.3 is 12.2 Å². The van der Waals surface area contributed by atoms with E-state index in [1.54, 1.807) is 13.0 Å². The first kappa shape index (κ1) is 17.4. The van der Waals surface area contributed by atoms with Crippen molar-refractivity contribution in [3.63, 3.8) is 0 Å². The van der Waals surface area contributed by atoms with Crippen molar-refractivity contribution < 1.29 is 27.8 Å². The van der Waals surface area contributed by atoms with Gasteiger partial charge in [-0.15, -0.1) is 0 Å². The van der Waals surface area contributed by atoms with Gasteiger partial charge in [0.05, 0.1) is 6.10 Å². The van der Waals surface area contributed by atoms with Crippen LogP contribution in [0, 0.1) is 6.92 Å². The van der Waals surface area contributed by atoms with Crippen molar-refractivity contribution >= 4 is 11.7 Å². The number of aliphatic hydroxyl groups excluding tert-OH is 1. The minimum Gasteiger partial charge on any atom is -0.484 e. The van der Waals surface area contributed by atoms with E-state index in [4.69, 9.17) is 4.74 Å². The van der Waals surface area contributed by atoms with Gasteiger partial charge in [0, 0.05) is 24.3 Å². The molecule has 0 radical (unpaired) electrons. The molecule has 8 heteroatoms. The molecule has 1 aliphatic rings. The van der Waals surface area contributed by atoms with Crippen LogP contribution in [0.2, 0.25) is 0 Å². The number of anilines is 1. The molecule has 0 unspecified atom stereocenters. The first-order valence-electron chi connectivity index (χ1n) is 7.29. The third kappa shape index (κ3) is 5.02. The maximum absolute atomic E-state index is 12.2. The molecule has 1 aromatic carbocycles. The molecule has 2 N–H and O–H groups in total. The number of carbonyl (C=O) groups is 1. The van der Waals surface area contributed by atoms with Gasteiger partial charge in [0.1, 0.15) is 5.75 Å². The highest BCUT2D eigenvalue weighted by Crippen LogP contribution is 2.27. The lowest BCUT2D eigenvalue weighted by molar-refractivity contribution is -0.153. The van der Waals surface area contributed by atoms with Crippen molar-refractivity contribution in [1.29, 1.82) is 0 Å². The zero-order valence-corrected chi connectivity index (χ0v) is 12.7. The molecule has 1 heterocycles. The van der Waals surface area contributed by atoms with Crippen molar-refractivity contribution in [3.05, 3.63) is 23.8 Å². The summed E-state index contributed by atoms with van der Waals surface area (Å²) in [7, 11) is 0. The van der Waals surface area contributed by atoms with Gasteiger partial charge < -0.3 is 20.1 Å². The third-order valence-electron chi connectivity index (χ3n) is 3.60. The van der Waals surface area contributed by atoms with Crippen molar-refractivity contribution in [2.75, 3.05) is 25.0 Å². The molecule has 1 saturated heterocycles. The number of benzene rings is 1. The summed E-state index contributed by atoms with van der Waals surface area (Å²) in [6, 6.07) is 4.13. The number of nitrogens with zero attached hydrogens (tertiary/aromatic N) is 1. The van der Waals surface area contributed by atoms with Crippen molar-refractivity contribution in [2.45, 2.75) is 32.0 Å². The number of nitrogens with one attached hydrogen (secondary N) is 1. The van der Waals surface area contributed by atoms with E-state index in [0.717, 1.165) is 0 Å². The molecule has 1 atom stereocenters. The summed E-state index contributed by atoms with van der Waals surface area (Å²) in [4.78, 5) is 13.7. The number of piperidine rings is 1. The Labute approximate surface area is 132 Å². The molecule has 2 rings (SSSR count). The zero-order chi connectivity index (χ0) is 17.0. The molecule has 1 aromatic rings. The Morgan fingerprint density at radius 3 is 2.87 bits per heavy atom. The van der Waals surface area contributed by atoms with E-state index in [9.17, 15) is 23.1 Å². The van der Waals surface area contributed by atoms with E-state index in [2.05, 4.69) is 5.32 Å². The molecule has 0 spiro atoms. The lowest BCUT2D eigenvalue weighted by Crippen LogP contribution is -2.44. The lowest BCUT2D eigenvalue weighted by atomic mass is 10.1. The first-order chi connectivity index (χ1) is 10.8. The number of aliphatic hydroxyl groups is 1. The van der Waals surface area contributed by atoms with Crippen LogP contribution in [0.1, 0.15) is 18.4 Å². The Hall–Kier alpha value is -1.96. The average molecular weight is 332 g/mol. The average Bonchev–Trinajstić information content (AvgIpc) is 2.47. The van der Waals surface area contributed by atoms with E-state index in [0.29, 0.717) is 30.6 Å². The second-order valence-corrected chi connectivity index (χ2v) is 5.50. The number of hydrogen-bond donors (Lipinski definition) is 2. The van der Waals surface area contributed by atoms with Crippen LogP contribution in [0.4, 0.5) is 23.7 Å². The number of hydrogen-bond acceptors (Lipinski definition) is 3. The number of urea groups is 1. The predicted molar refractivity (Wildman–Crippen MR) is 78.6 cm³/mol. The number of amides is 2. The van der Waals surface area contributed by atoms with Gasteiger partial charge in [0.15, 0.2) is 6.61 Å². The molecule has 0 aromatic heterocycles. The summed E-state index contributed by atoms with van der Waals surface area (Å²) in [5.41, 5.74) is 0.803. The number of ether oxygens (including phenoxy) is 1. The summed E-state index contributed by atoms with van der Waals surface area (Å²) >= 11 is 0. The third-order valence-corrected chi connectivity index (χ3v) is 3.60. The first-order valence-corrected chi connectivity index (χ1v) is 7.29. The van der Waals surface area contributed by atoms with Crippen LogP contribution in [0.3, 0.4) is 0 Å². The number of rotatable bonds is 3. The normalized spacial score (nSPS) is 18.7. The maximum Gasteiger partial charge on any atom is 0.422 e. The molecule has 5 nitrogen and oxygen atoms in total. The van der Waals surface area contributed by atoms with Crippen LogP contribution in [-0.4, -0.2) is 48.0 Å². The van der Waals surface area contributed by atoms with Crippen molar-refractivity contribution in [3.8, 4) is 5.75 Å². The van der Waals surface area contributed by atoms with Crippen molar-refractivity contribution in [1.82, 2.24) is 4.90 Å². The number of likely N-dealkylation sites (tertiary alicyclic amines) is 1. The molecular formula is C15H19F3N2O3. The van der Waals surface area contributed by atoms with E-state index in [1.165, 1.54) is 17.0 Å². The monoisotopic (exact) mass is 332 g/mol. The summed E-state index contributed by atoms with van der Waals surface area (Å²) < 4.78 is 41.5. The fraction of sp³-hybridized carbons (Fsp3) is 0.533. The highest BCUT2D eigenvalue weighted by molar-refractivity contribution is 5.90. The van der Waals surface area contributed by atoms with E-state index in [1.807, 2.05) is 0 Å². The van der Waals surface area contributed by atoms with Gasteiger partial charge in [-0.25, -0.2) is 4.79 Å². The highest BCUT2D eigenvalue weighted by Gasteiger charge is 2.29. The second kappa shape index (κ2) is 7.08. The number of β-amino-alcohol motifs (C(OH)–C–C–N with tert-alkyl or cyclic N) is 1. The molecule has 0 bridgehead atoms. The quantitative estimate of drug-likeness (QED) is 0.895. The van der Waals surface area contributed by atoms with Crippen LogP contribution < -0.4 is 10.1 Å². The zero-order valence-electron chi connectivity index (χ0n) is 12.7. The highest BCUT2D eigenvalue weighted by atomic mass is 19.4. The molecular weight excluding hydrogens is 313 g/mol. The van der Waals surface area contributed by atoms with E-state index >= 15 is 0 Å². The smallest absolute Gasteiger partial charge is 0.422 e. The van der Waals surface area contributed by atoms with Gasteiger partial charge in [-0.2, -0.15) is 13.2 Å². The maximum atomic E-state index is 12.2. The molecule has 1 fully saturated rings. The summed E-state index contributed by atoms with van der Waals surface area (Å²) in [5.74, 6) is 0.0683. The molecule has 0 aliphatic carbocycles. The predicted octanol–water partition coefficient (Wildman–Crippen LogP) is 2.92. The van der Waals surface area contributed by atoms with Gasteiger partial charge in [0.25, 0.3) is 0 Å². The number of carbonyl (C=O) groups excluding carboxylic acids is 1. The van der Waals surface area contributed by atoms with Crippen LogP contribution in [0.5, 0.6) is 5.75 Å². The second-order valence-electron chi connectivity index (χ2n) is 5.50. The Kier molecular flexibility index (Phi) is 5.35. The topological polar surface area (TPSA) is 61.8 Å². The minimum atomic E-state index is -4.42. The fourth-order valence-corrected chi connectivity index (χ4v) is 2.40. The Bertz CT molecular complexity index is 563. The Balaban J connectivity index is 2.03. The van der Waals surface area contributed by atoms with Gasteiger partial charge in [0.2, 0.25) is 0 Å². The van der Waals surface area contributed by atoms with E-state index < -0.39 is 18.9 Å². The van der Waals surface area contributed by atoms with Crippen LogP contribution in [0.15, 0.2) is 18.2 Å². The summed E-state index contributed by atoms with van der Waals surface area (Å²) in [5, 5.41) is 12.2. The lowest BCUT2D eigenvalue weighted by Gasteiger charge is -2.30. The summed E-state index contributed by atoms with van der Waals surface area (Å²) in [6.07, 6.45) is -3.60. The minimum absolute atomic E-state index is 0.0683. The van der Waals surface area contributed by atoms with Gasteiger partial charge in [-0.3, -0.25) is 0 Å². The van der Waals surface area contributed by atoms with Gasteiger partial charge in [-0.05, 0) is 31.9 Å². The van der Waals surface area contributed by atoms with Crippen molar-refractivity contribution in [2.24, 2.45) is 0 Å². The number of alkyl halides is 3. The molecule has 0 saturated carbocycles. The van der Waals surface area contributed by atoms with Crippen LogP contribution >= 0.6 is 0 Å². The standard InChI is InChI=1S/C15H19F3N2O3/c1-10-12(5-2-6-13(10)23-9-15(16,17)18)19-14(22)20-7-3-4-11(21)8-20/h2,5-6,11,21H,3-4,7-9H2,1H3,(H,19,22)/t11-/m0/s1. The fourth-order valence-electron chi connectivity index (χ4n) is 2.40. The van der Waals surface area contributed by atoms with E-state index in [-0.39, 0.29) is 18.3 Å². The Morgan fingerprint density at radius 2 is 2.22 bits per heavy atom. The molecule has 2 amide bonds. The summed E-state index contributed by atoms with van der Waals surface area (Å²) in [6.45, 7) is 0.970. The molecule has 23 heavy (non-hydrogen) atoms. The van der Waals surface area contributed by atoms with Crippen LogP contribution in [-0.2, 0) is 0 Å². The molecule has 128 valence electrons. The number of halogens is 3. The largest absolute Gasteiger partial charge is 0.484 e. The van der Waals surface area contributed by atoms with Gasteiger partial charge in [-0.1, -0.05) is 6.07 Å². The SMILES string of the molecule is Cc1c(NC(=O)N2CCC[C@H](O)C2)cccc1OCC(F)(F)F. The van der Waals surface area contributed by atoms with Crippen LogP contribution in [0.25, 0.3) is 0 Å².